The number of anilines is 1. The molecule has 0 bridgehead atoms. The zero-order chi connectivity index (χ0) is 26.9. The van der Waals surface area contributed by atoms with E-state index in [-0.39, 0.29) is 17.1 Å². The third-order valence-corrected chi connectivity index (χ3v) is 7.50. The van der Waals surface area contributed by atoms with Gasteiger partial charge in [-0.15, -0.1) is 13.2 Å². The maximum atomic E-state index is 13.5. The predicted molar refractivity (Wildman–Crippen MR) is 142 cm³/mol. The van der Waals surface area contributed by atoms with Crippen LogP contribution >= 0.6 is 11.6 Å². The Bertz CT molecular complexity index is 1350. The van der Waals surface area contributed by atoms with Crippen LogP contribution in [0.25, 0.3) is 6.08 Å². The summed E-state index contributed by atoms with van der Waals surface area (Å²) >= 11 is 6.05. The topological polar surface area (TPSA) is 45.7 Å². The molecule has 2 aliphatic rings. The molecule has 1 saturated heterocycles. The maximum absolute atomic E-state index is 13.5. The summed E-state index contributed by atoms with van der Waals surface area (Å²) in [5, 5.41) is 0.292. The number of benzene rings is 2. The maximum Gasteiger partial charge on any atom is 0.573 e. The first-order chi connectivity index (χ1) is 18.1. The van der Waals surface area contributed by atoms with Gasteiger partial charge in [-0.2, -0.15) is 0 Å². The minimum atomic E-state index is -4.70. The number of aromatic nitrogens is 1. The average Bonchev–Trinajstić information content (AvgIpc) is 3.18. The Morgan fingerprint density at radius 1 is 1.11 bits per heavy atom. The zero-order valence-corrected chi connectivity index (χ0v) is 21.6. The fraction of sp³-hybridized carbons (Fsp3) is 0.310. The van der Waals surface area contributed by atoms with Gasteiger partial charge in [-0.05, 0) is 74.3 Å². The summed E-state index contributed by atoms with van der Waals surface area (Å²) in [5.74, 6) is -0.309. The highest BCUT2D eigenvalue weighted by molar-refractivity contribution is 6.29. The lowest BCUT2D eigenvalue weighted by atomic mass is 9.74. The van der Waals surface area contributed by atoms with Gasteiger partial charge in [-0.25, -0.2) is 4.98 Å². The van der Waals surface area contributed by atoms with E-state index in [4.69, 9.17) is 11.6 Å². The molecule has 1 amide bonds. The molecule has 38 heavy (non-hydrogen) atoms. The van der Waals surface area contributed by atoms with Crippen LogP contribution in [-0.2, 0) is 5.41 Å². The number of nitrogens with zero attached hydrogens (tertiary/aromatic N) is 3. The van der Waals surface area contributed by atoms with E-state index in [2.05, 4.69) is 27.6 Å². The van der Waals surface area contributed by atoms with Crippen LogP contribution in [-0.4, -0.2) is 48.3 Å². The Morgan fingerprint density at radius 2 is 1.84 bits per heavy atom. The Balaban J connectivity index is 1.24. The number of rotatable bonds is 5. The van der Waals surface area contributed by atoms with Crippen molar-refractivity contribution >= 4 is 29.3 Å². The van der Waals surface area contributed by atoms with Crippen LogP contribution in [0.1, 0.15) is 39.9 Å². The number of hydrogen-bond donors (Lipinski definition) is 0. The van der Waals surface area contributed by atoms with Gasteiger partial charge in [0.25, 0.3) is 5.91 Å². The number of carbonyl (C=O) groups is 1. The number of carbonyl (C=O) groups excluding carboxylic acids is 1. The fourth-order valence-electron chi connectivity index (χ4n) is 5.37. The van der Waals surface area contributed by atoms with E-state index in [1.165, 1.54) is 23.3 Å². The highest BCUT2D eigenvalue weighted by Gasteiger charge is 2.46. The van der Waals surface area contributed by atoms with Crippen molar-refractivity contribution < 1.29 is 22.7 Å². The molecule has 0 atom stereocenters. The third kappa shape index (κ3) is 5.71. The molecule has 3 aromatic rings. The summed E-state index contributed by atoms with van der Waals surface area (Å²) in [6, 6.07) is 15.4. The van der Waals surface area contributed by atoms with Crippen LogP contribution < -0.4 is 9.64 Å². The summed E-state index contributed by atoms with van der Waals surface area (Å²) in [6.45, 7) is 5.18. The smallest absolute Gasteiger partial charge is 0.406 e. The Labute approximate surface area is 224 Å². The van der Waals surface area contributed by atoms with E-state index < -0.39 is 6.36 Å². The Morgan fingerprint density at radius 3 is 2.53 bits per heavy atom. The van der Waals surface area contributed by atoms with E-state index >= 15 is 0 Å². The number of likely N-dealkylation sites (tertiary alicyclic amines) is 1. The fourth-order valence-corrected chi connectivity index (χ4v) is 5.54. The lowest BCUT2D eigenvalue weighted by molar-refractivity contribution is -0.274. The molecule has 2 aliphatic heterocycles. The van der Waals surface area contributed by atoms with Crippen LogP contribution in [0.2, 0.25) is 5.15 Å². The monoisotopic (exact) mass is 541 g/mol. The van der Waals surface area contributed by atoms with Crippen LogP contribution in [0.15, 0.2) is 66.9 Å². The predicted octanol–water partition coefficient (Wildman–Crippen LogP) is 6.65. The van der Waals surface area contributed by atoms with Gasteiger partial charge in [0, 0.05) is 36.0 Å². The summed E-state index contributed by atoms with van der Waals surface area (Å²) in [5.41, 5.74) is 4.57. The summed E-state index contributed by atoms with van der Waals surface area (Å²) in [7, 11) is 0. The lowest BCUT2D eigenvalue weighted by Crippen LogP contribution is -2.46. The second-order valence-corrected chi connectivity index (χ2v) is 10.3. The summed E-state index contributed by atoms with van der Waals surface area (Å²) < 4.78 is 41.0. The first kappa shape index (κ1) is 26.3. The van der Waals surface area contributed by atoms with Crippen molar-refractivity contribution in [3.63, 3.8) is 0 Å². The van der Waals surface area contributed by atoms with Gasteiger partial charge < -0.3 is 9.64 Å². The normalized spacial score (nSPS) is 17.2. The molecule has 1 spiro atoms. The van der Waals surface area contributed by atoms with Crippen LogP contribution in [0, 0.1) is 6.92 Å². The Kier molecular flexibility index (Phi) is 7.20. The minimum Gasteiger partial charge on any atom is -0.406 e. The molecule has 3 heterocycles. The SMILES string of the molecule is Cc1ccc2c(c1)C1(CCN(CC=Cc3ccc(OC(F)(F)F)cc3)CC1)CN2C(=O)c1ccnc(Cl)c1. The van der Waals surface area contributed by atoms with Gasteiger partial charge in [-0.1, -0.05) is 53.6 Å². The highest BCUT2D eigenvalue weighted by Crippen LogP contribution is 2.47. The van der Waals surface area contributed by atoms with E-state index in [9.17, 15) is 18.0 Å². The molecular weight excluding hydrogens is 515 g/mol. The van der Waals surface area contributed by atoms with Crippen molar-refractivity contribution in [2.24, 2.45) is 0 Å². The third-order valence-electron chi connectivity index (χ3n) is 7.29. The van der Waals surface area contributed by atoms with Gasteiger partial charge in [0.15, 0.2) is 0 Å². The molecule has 2 aromatic carbocycles. The van der Waals surface area contributed by atoms with Gasteiger partial charge in [0.1, 0.15) is 10.9 Å². The van der Waals surface area contributed by atoms with Crippen LogP contribution in [0.4, 0.5) is 18.9 Å². The Hall–Kier alpha value is -3.36. The van der Waals surface area contributed by atoms with Crippen molar-refractivity contribution in [2.75, 3.05) is 31.1 Å². The van der Waals surface area contributed by atoms with Gasteiger partial charge >= 0.3 is 6.36 Å². The zero-order valence-electron chi connectivity index (χ0n) is 20.8. The molecule has 0 unspecified atom stereocenters. The molecule has 9 heteroatoms. The molecule has 0 radical (unpaired) electrons. The largest absolute Gasteiger partial charge is 0.573 e. The van der Waals surface area contributed by atoms with Crippen molar-refractivity contribution in [2.45, 2.75) is 31.5 Å². The number of amides is 1. The summed E-state index contributed by atoms with van der Waals surface area (Å²) in [4.78, 5) is 21.7. The van der Waals surface area contributed by atoms with Crippen LogP contribution in [0.3, 0.4) is 0 Å². The molecule has 1 fully saturated rings. The first-order valence-corrected chi connectivity index (χ1v) is 12.8. The van der Waals surface area contributed by atoms with E-state index in [0.717, 1.165) is 43.7 Å². The number of aryl methyl sites for hydroxylation is 1. The first-order valence-electron chi connectivity index (χ1n) is 12.4. The molecule has 1 aromatic heterocycles. The second-order valence-electron chi connectivity index (χ2n) is 9.88. The van der Waals surface area contributed by atoms with Gasteiger partial charge in [0.2, 0.25) is 0 Å². The molecule has 0 saturated carbocycles. The van der Waals surface area contributed by atoms with E-state index in [1.54, 1.807) is 30.5 Å². The minimum absolute atomic E-state index is 0.0757. The van der Waals surface area contributed by atoms with E-state index in [0.29, 0.717) is 17.3 Å². The molecule has 198 valence electrons. The second kappa shape index (κ2) is 10.4. The lowest BCUT2D eigenvalue weighted by Gasteiger charge is -2.39. The number of piperidine rings is 1. The molecular formula is C29H27ClF3N3O2. The van der Waals surface area contributed by atoms with Crippen LogP contribution in [0.5, 0.6) is 5.75 Å². The number of hydrogen-bond acceptors (Lipinski definition) is 4. The van der Waals surface area contributed by atoms with Gasteiger partial charge in [-0.3, -0.25) is 9.69 Å². The molecule has 5 nitrogen and oxygen atoms in total. The average molecular weight is 542 g/mol. The van der Waals surface area contributed by atoms with Crippen molar-refractivity contribution in [3.8, 4) is 5.75 Å². The number of ether oxygens (including phenoxy) is 1. The number of halogens is 4. The highest BCUT2D eigenvalue weighted by atomic mass is 35.5. The van der Waals surface area contributed by atoms with Crippen molar-refractivity contribution in [1.29, 1.82) is 0 Å². The number of alkyl halides is 3. The standard InChI is InChI=1S/C29H27ClF3N3O2/c1-20-4-9-25-24(17-20)28(19-36(25)27(37)22-10-13-34-26(30)18-22)11-15-35(16-12-28)14-2-3-21-5-7-23(8-6-21)38-29(31,32)33/h2-10,13,17-18H,11-12,14-16,19H2,1H3. The van der Waals surface area contributed by atoms with Crippen molar-refractivity contribution in [1.82, 2.24) is 9.88 Å². The molecule has 0 N–H and O–H groups in total. The molecule has 5 rings (SSSR count). The number of fused-ring (bicyclic) bond motifs is 2. The van der Waals surface area contributed by atoms with Gasteiger partial charge in [0.05, 0.1) is 0 Å². The molecule has 0 aliphatic carbocycles. The van der Waals surface area contributed by atoms with Crippen molar-refractivity contribution in [3.05, 3.63) is 94.3 Å². The summed E-state index contributed by atoms with van der Waals surface area (Å²) in [6.07, 6.45) is 2.61. The quantitative estimate of drug-likeness (QED) is 0.339. The van der Waals surface area contributed by atoms with E-state index in [1.807, 2.05) is 29.2 Å². The number of pyridine rings is 1.